The van der Waals surface area contributed by atoms with Crippen LogP contribution >= 0.6 is 0 Å². The largest absolute Gasteiger partial charge is 0.480 e. The van der Waals surface area contributed by atoms with Crippen LogP contribution in [0.4, 0.5) is 4.79 Å². The second-order valence-corrected chi connectivity index (χ2v) is 5.37. The summed E-state index contributed by atoms with van der Waals surface area (Å²) in [6.07, 6.45) is 0.771. The molecule has 8 heteroatoms. The summed E-state index contributed by atoms with van der Waals surface area (Å²) < 4.78 is 5.01. The Morgan fingerprint density at radius 3 is 2.40 bits per heavy atom. The molecule has 1 atom stereocenters. The number of rotatable bonds is 7. The highest BCUT2D eigenvalue weighted by atomic mass is 16.6. The molecule has 0 aromatic heterocycles. The molecule has 0 aliphatic carbocycles. The van der Waals surface area contributed by atoms with Crippen molar-refractivity contribution >= 4 is 18.0 Å². The number of unbranched alkanes of at least 4 members (excludes halogenated alkanes) is 1. The minimum atomic E-state index is -1.10. The van der Waals surface area contributed by atoms with Crippen LogP contribution in [0.25, 0.3) is 0 Å². The number of alkyl carbamates (subject to hydrolysis) is 1. The fourth-order valence-electron chi connectivity index (χ4n) is 1.40. The summed E-state index contributed by atoms with van der Waals surface area (Å²) in [5.74, 6) is -1.22. The zero-order chi connectivity index (χ0) is 15.8. The average molecular weight is 288 g/mol. The molecule has 1 amide bonds. The molecule has 0 aliphatic rings. The van der Waals surface area contributed by atoms with Crippen LogP contribution in [0.15, 0.2) is 0 Å². The fourth-order valence-corrected chi connectivity index (χ4v) is 1.40. The lowest BCUT2D eigenvalue weighted by Crippen LogP contribution is -2.43. The third-order valence-electron chi connectivity index (χ3n) is 2.22. The van der Waals surface area contributed by atoms with E-state index in [-0.39, 0.29) is 12.4 Å². The lowest BCUT2D eigenvalue weighted by molar-refractivity contribution is -0.139. The second-order valence-electron chi connectivity index (χ2n) is 5.37. The van der Waals surface area contributed by atoms with E-state index >= 15 is 0 Å². The Labute approximate surface area is 118 Å². The van der Waals surface area contributed by atoms with Gasteiger partial charge in [0, 0.05) is 6.54 Å². The number of hydrogen-bond donors (Lipinski definition) is 5. The van der Waals surface area contributed by atoms with Crippen LogP contribution in [0.1, 0.15) is 40.0 Å². The maximum Gasteiger partial charge on any atom is 0.408 e. The summed E-state index contributed by atoms with van der Waals surface area (Å²) in [5.41, 5.74) is 4.44. The Kier molecular flexibility index (Phi) is 7.42. The number of carboxylic acid groups (broad SMARTS) is 1. The number of carbonyl (C=O) groups is 2. The van der Waals surface area contributed by atoms with Crippen LogP contribution in [-0.4, -0.2) is 41.3 Å². The van der Waals surface area contributed by atoms with Gasteiger partial charge in [0.25, 0.3) is 0 Å². The Morgan fingerprint density at radius 2 is 1.95 bits per heavy atom. The van der Waals surface area contributed by atoms with Crippen molar-refractivity contribution in [2.45, 2.75) is 51.7 Å². The van der Waals surface area contributed by atoms with Crippen LogP contribution in [0.2, 0.25) is 0 Å². The predicted octanol–water partition coefficient (Wildman–Crippen LogP) is 0.618. The molecule has 0 rings (SSSR count). The Bertz CT molecular complexity index is 352. The normalized spacial score (nSPS) is 12.3. The smallest absolute Gasteiger partial charge is 0.408 e. The van der Waals surface area contributed by atoms with Crippen molar-refractivity contribution < 1.29 is 19.4 Å². The Hall–Kier alpha value is -1.99. The standard InChI is InChI=1S/C12H24N4O4/c1-12(2,3)20-11(19)16-8(9(17)18)6-4-5-7-15-10(13)14/h8H,4-7H2,1-3H3,(H,16,19)(H,17,18)(H4,13,14,15). The van der Waals surface area contributed by atoms with E-state index in [4.69, 9.17) is 21.0 Å². The molecule has 0 bridgehead atoms. The molecule has 0 aromatic carbocycles. The zero-order valence-corrected chi connectivity index (χ0v) is 12.2. The number of amides is 1. The monoisotopic (exact) mass is 288 g/mol. The number of carbonyl (C=O) groups excluding carboxylic acids is 1. The molecule has 0 fully saturated rings. The topological polar surface area (TPSA) is 138 Å². The second kappa shape index (κ2) is 8.23. The van der Waals surface area contributed by atoms with Gasteiger partial charge in [-0.3, -0.25) is 5.41 Å². The molecule has 116 valence electrons. The number of hydrogen-bond acceptors (Lipinski definition) is 4. The van der Waals surface area contributed by atoms with E-state index in [0.717, 1.165) is 0 Å². The van der Waals surface area contributed by atoms with Crippen molar-refractivity contribution in [3.8, 4) is 0 Å². The summed E-state index contributed by atoms with van der Waals surface area (Å²) in [5, 5.41) is 20.9. The first-order valence-corrected chi connectivity index (χ1v) is 6.42. The molecule has 0 saturated heterocycles. The highest BCUT2D eigenvalue weighted by molar-refractivity contribution is 5.79. The molecule has 0 heterocycles. The van der Waals surface area contributed by atoms with Gasteiger partial charge >= 0.3 is 12.1 Å². The van der Waals surface area contributed by atoms with Crippen molar-refractivity contribution in [1.82, 2.24) is 10.6 Å². The van der Waals surface area contributed by atoms with E-state index in [2.05, 4.69) is 10.6 Å². The molecule has 8 nitrogen and oxygen atoms in total. The molecular formula is C12H24N4O4. The van der Waals surface area contributed by atoms with Gasteiger partial charge in [-0.25, -0.2) is 9.59 Å². The van der Waals surface area contributed by atoms with Gasteiger partial charge in [0.1, 0.15) is 11.6 Å². The maximum atomic E-state index is 11.5. The van der Waals surface area contributed by atoms with E-state index in [1.165, 1.54) is 0 Å². The van der Waals surface area contributed by atoms with Crippen LogP contribution in [0, 0.1) is 5.41 Å². The van der Waals surface area contributed by atoms with Gasteiger partial charge < -0.3 is 26.2 Å². The van der Waals surface area contributed by atoms with Crippen LogP contribution < -0.4 is 16.4 Å². The fraction of sp³-hybridized carbons (Fsp3) is 0.750. The minimum absolute atomic E-state index is 0.119. The van der Waals surface area contributed by atoms with Crippen molar-refractivity contribution in [3.63, 3.8) is 0 Å². The molecule has 0 saturated carbocycles. The third-order valence-corrected chi connectivity index (χ3v) is 2.22. The van der Waals surface area contributed by atoms with Crippen molar-refractivity contribution in [3.05, 3.63) is 0 Å². The highest BCUT2D eigenvalue weighted by Gasteiger charge is 2.23. The third kappa shape index (κ3) is 9.98. The van der Waals surface area contributed by atoms with Gasteiger partial charge in [0.15, 0.2) is 5.96 Å². The summed E-state index contributed by atoms with van der Waals surface area (Å²) in [4.78, 5) is 22.5. The van der Waals surface area contributed by atoms with Crippen molar-refractivity contribution in [1.29, 1.82) is 5.41 Å². The van der Waals surface area contributed by atoms with Crippen molar-refractivity contribution in [2.24, 2.45) is 5.73 Å². The number of aliphatic carboxylic acids is 1. The average Bonchev–Trinajstić information content (AvgIpc) is 2.23. The first kappa shape index (κ1) is 18.0. The number of ether oxygens (including phenoxy) is 1. The summed E-state index contributed by atoms with van der Waals surface area (Å²) >= 11 is 0. The van der Waals surface area contributed by atoms with Crippen LogP contribution in [0.3, 0.4) is 0 Å². The Morgan fingerprint density at radius 1 is 1.35 bits per heavy atom. The van der Waals surface area contributed by atoms with Crippen LogP contribution in [-0.2, 0) is 9.53 Å². The number of carboxylic acids is 1. The van der Waals surface area contributed by atoms with Gasteiger partial charge in [-0.1, -0.05) is 0 Å². The minimum Gasteiger partial charge on any atom is -0.480 e. The molecule has 20 heavy (non-hydrogen) atoms. The first-order chi connectivity index (χ1) is 9.11. The van der Waals surface area contributed by atoms with Crippen molar-refractivity contribution in [2.75, 3.05) is 6.54 Å². The molecule has 6 N–H and O–H groups in total. The summed E-state index contributed by atoms with van der Waals surface area (Å²) in [7, 11) is 0. The number of guanidine groups is 1. The molecule has 0 radical (unpaired) electrons. The molecule has 0 aliphatic heterocycles. The van der Waals surface area contributed by atoms with Gasteiger partial charge in [0.2, 0.25) is 0 Å². The molecular weight excluding hydrogens is 264 g/mol. The highest BCUT2D eigenvalue weighted by Crippen LogP contribution is 2.08. The number of nitrogens with two attached hydrogens (primary N) is 1. The maximum absolute atomic E-state index is 11.5. The van der Waals surface area contributed by atoms with Crippen LogP contribution in [0.5, 0.6) is 0 Å². The molecule has 0 aromatic rings. The first-order valence-electron chi connectivity index (χ1n) is 6.42. The summed E-state index contributed by atoms with van der Waals surface area (Å²) in [6.45, 7) is 5.61. The van der Waals surface area contributed by atoms with E-state index in [1.54, 1.807) is 20.8 Å². The Balaban J connectivity index is 4.08. The van der Waals surface area contributed by atoms with E-state index in [0.29, 0.717) is 19.4 Å². The lowest BCUT2D eigenvalue weighted by Gasteiger charge is -2.22. The number of nitrogens with one attached hydrogen (secondary N) is 3. The van der Waals surface area contributed by atoms with Gasteiger partial charge in [0.05, 0.1) is 0 Å². The molecule has 1 unspecified atom stereocenters. The summed E-state index contributed by atoms with van der Waals surface area (Å²) in [6, 6.07) is -0.984. The van der Waals surface area contributed by atoms with Gasteiger partial charge in [-0.15, -0.1) is 0 Å². The zero-order valence-electron chi connectivity index (χ0n) is 12.2. The quantitative estimate of drug-likeness (QED) is 0.264. The van der Waals surface area contributed by atoms with E-state index < -0.39 is 23.7 Å². The van der Waals surface area contributed by atoms with Gasteiger partial charge in [-0.05, 0) is 40.0 Å². The van der Waals surface area contributed by atoms with Gasteiger partial charge in [-0.2, -0.15) is 0 Å². The van der Waals surface area contributed by atoms with E-state index in [9.17, 15) is 9.59 Å². The SMILES string of the molecule is CC(C)(C)OC(=O)NC(CCCCNC(=N)N)C(=O)O. The predicted molar refractivity (Wildman–Crippen MR) is 74.6 cm³/mol. The lowest BCUT2D eigenvalue weighted by atomic mass is 10.1. The molecule has 0 spiro atoms. The van der Waals surface area contributed by atoms with E-state index in [1.807, 2.05) is 0 Å².